The van der Waals surface area contributed by atoms with Crippen molar-refractivity contribution < 1.29 is 27.5 Å². The van der Waals surface area contributed by atoms with Crippen LogP contribution in [-0.4, -0.2) is 54.7 Å². The van der Waals surface area contributed by atoms with Crippen LogP contribution >= 0.6 is 11.6 Å². The Bertz CT molecular complexity index is 1320. The number of urea groups is 1. The fourth-order valence-electron chi connectivity index (χ4n) is 5.12. The van der Waals surface area contributed by atoms with E-state index in [0.717, 1.165) is 30.0 Å². The first-order chi connectivity index (χ1) is 18.6. The molecule has 0 atom stereocenters. The predicted octanol–water partition coefficient (Wildman–Crippen LogP) is 5.44. The van der Waals surface area contributed by atoms with Crippen molar-refractivity contribution in [3.05, 3.63) is 58.6 Å². The number of esters is 1. The summed E-state index contributed by atoms with van der Waals surface area (Å²) < 4.78 is 32.2. The summed E-state index contributed by atoms with van der Waals surface area (Å²) in [4.78, 5) is 40.1. The number of nitrogens with one attached hydrogen (secondary N) is 1. The number of anilines is 1. The predicted molar refractivity (Wildman–Crippen MR) is 148 cm³/mol. The van der Waals surface area contributed by atoms with E-state index < -0.39 is 16.1 Å². The monoisotopic (exact) mass is 575 g/mol. The SMILES string of the molecule is CCCCN(C(=O)c1ccc(CN2C(=O)Nc3ccc(Cl)cc3S2(=O)=O)cc1)C1CCC(C(=O)OCC)CC1. The lowest BCUT2D eigenvalue weighted by molar-refractivity contribution is -0.149. The van der Waals surface area contributed by atoms with Crippen molar-refractivity contribution in [1.82, 2.24) is 9.21 Å². The van der Waals surface area contributed by atoms with Crippen molar-refractivity contribution in [3.8, 4) is 0 Å². The Balaban J connectivity index is 1.46. The Morgan fingerprint density at radius 1 is 1.08 bits per heavy atom. The zero-order valence-electron chi connectivity index (χ0n) is 22.2. The highest BCUT2D eigenvalue weighted by Crippen LogP contribution is 2.33. The number of halogens is 1. The zero-order chi connectivity index (χ0) is 28.2. The minimum Gasteiger partial charge on any atom is -0.466 e. The van der Waals surface area contributed by atoms with Crippen molar-refractivity contribution in [2.45, 2.75) is 69.9 Å². The molecule has 2 aromatic rings. The number of nitrogens with zero attached hydrogens (tertiary/aromatic N) is 2. The Kier molecular flexibility index (Phi) is 9.17. The zero-order valence-corrected chi connectivity index (χ0v) is 23.8. The number of sulfonamides is 1. The fraction of sp³-hybridized carbons (Fsp3) is 0.464. The molecule has 3 amide bonds. The van der Waals surface area contributed by atoms with Gasteiger partial charge in [0.1, 0.15) is 4.90 Å². The molecule has 0 unspecified atom stereocenters. The Morgan fingerprint density at radius 3 is 2.41 bits per heavy atom. The molecule has 9 nitrogen and oxygen atoms in total. The van der Waals surface area contributed by atoms with Crippen molar-refractivity contribution in [1.29, 1.82) is 0 Å². The van der Waals surface area contributed by atoms with E-state index in [1.807, 2.05) is 4.90 Å². The van der Waals surface area contributed by atoms with E-state index in [9.17, 15) is 22.8 Å². The van der Waals surface area contributed by atoms with E-state index >= 15 is 0 Å². The van der Waals surface area contributed by atoms with E-state index in [1.165, 1.54) is 18.2 Å². The Hall–Kier alpha value is -3.11. The molecule has 11 heteroatoms. The molecule has 1 saturated carbocycles. The number of hydrogen-bond acceptors (Lipinski definition) is 6. The van der Waals surface area contributed by atoms with Crippen LogP contribution < -0.4 is 5.32 Å². The fourth-order valence-corrected chi connectivity index (χ4v) is 6.85. The van der Waals surface area contributed by atoms with Gasteiger partial charge in [-0.25, -0.2) is 17.5 Å². The number of benzene rings is 2. The number of unbranched alkanes of at least 4 members (excludes halogenated alkanes) is 1. The maximum absolute atomic E-state index is 13.5. The molecular weight excluding hydrogens is 542 g/mol. The largest absolute Gasteiger partial charge is 0.466 e. The summed E-state index contributed by atoms with van der Waals surface area (Å²) >= 11 is 5.99. The van der Waals surface area contributed by atoms with Gasteiger partial charge in [0.2, 0.25) is 0 Å². The Labute approximate surface area is 234 Å². The molecule has 0 bridgehead atoms. The third-order valence-electron chi connectivity index (χ3n) is 7.28. The molecule has 0 radical (unpaired) electrons. The minimum atomic E-state index is -4.10. The van der Waals surface area contributed by atoms with Crippen LogP contribution in [0.2, 0.25) is 5.02 Å². The summed E-state index contributed by atoms with van der Waals surface area (Å²) in [7, 11) is -4.10. The summed E-state index contributed by atoms with van der Waals surface area (Å²) in [5.74, 6) is -0.370. The maximum atomic E-state index is 13.5. The van der Waals surface area contributed by atoms with Crippen molar-refractivity contribution in [3.63, 3.8) is 0 Å². The number of carbonyl (C=O) groups is 3. The number of hydrogen-bond donors (Lipinski definition) is 1. The lowest BCUT2D eigenvalue weighted by atomic mass is 9.85. The van der Waals surface area contributed by atoms with Gasteiger partial charge in [-0.2, -0.15) is 0 Å². The third-order valence-corrected chi connectivity index (χ3v) is 9.28. The molecular formula is C28H34ClN3O6S. The second-order valence-electron chi connectivity index (χ2n) is 9.89. The van der Waals surface area contributed by atoms with Crippen molar-refractivity contribution in [2.75, 3.05) is 18.5 Å². The van der Waals surface area contributed by atoms with Gasteiger partial charge >= 0.3 is 12.0 Å². The summed E-state index contributed by atoms with van der Waals surface area (Å²) in [5, 5.41) is 2.84. The van der Waals surface area contributed by atoms with Gasteiger partial charge in [-0.1, -0.05) is 37.1 Å². The van der Waals surface area contributed by atoms with Crippen LogP contribution in [0.5, 0.6) is 0 Å². The van der Waals surface area contributed by atoms with Gasteiger partial charge in [-0.15, -0.1) is 0 Å². The van der Waals surface area contributed by atoms with Gasteiger partial charge in [-0.05, 0) is 74.9 Å². The van der Waals surface area contributed by atoms with Crippen LogP contribution in [0.15, 0.2) is 47.4 Å². The standard InChI is InChI=1S/C28H34ClN3O6S/c1-3-5-16-31(23-13-10-21(11-14-23)27(34)38-4-2)26(33)20-8-6-19(7-9-20)18-32-28(35)30-24-15-12-22(29)17-25(24)39(32,36)37/h6-9,12,15,17,21,23H,3-5,10-11,13-14,16,18H2,1-2H3,(H,30,35). The molecule has 0 spiro atoms. The highest BCUT2D eigenvalue weighted by Gasteiger charge is 2.37. The van der Waals surface area contributed by atoms with Crippen molar-refractivity contribution in [2.24, 2.45) is 5.92 Å². The molecule has 1 heterocycles. The number of rotatable bonds is 9. The molecule has 1 fully saturated rings. The second kappa shape index (κ2) is 12.4. The van der Waals surface area contributed by atoms with E-state index in [-0.39, 0.29) is 46.0 Å². The van der Waals surface area contributed by atoms with Gasteiger partial charge in [0.15, 0.2) is 0 Å². The maximum Gasteiger partial charge on any atom is 0.336 e. The molecule has 2 aromatic carbocycles. The Morgan fingerprint density at radius 2 is 1.77 bits per heavy atom. The van der Waals surface area contributed by atoms with Crippen LogP contribution in [0.3, 0.4) is 0 Å². The van der Waals surface area contributed by atoms with Gasteiger partial charge in [0.25, 0.3) is 15.9 Å². The second-order valence-corrected chi connectivity index (χ2v) is 12.2. The van der Waals surface area contributed by atoms with Crippen LogP contribution in [0.25, 0.3) is 0 Å². The lowest BCUT2D eigenvalue weighted by Gasteiger charge is -2.36. The number of carbonyl (C=O) groups excluding carboxylic acids is 3. The van der Waals surface area contributed by atoms with E-state index in [4.69, 9.17) is 16.3 Å². The first-order valence-corrected chi connectivity index (χ1v) is 15.2. The van der Waals surface area contributed by atoms with Crippen LogP contribution in [0, 0.1) is 5.92 Å². The normalized spacial score (nSPS) is 20.1. The lowest BCUT2D eigenvalue weighted by Crippen LogP contribution is -2.44. The third kappa shape index (κ3) is 6.38. The molecule has 0 aromatic heterocycles. The van der Waals surface area contributed by atoms with Gasteiger partial charge in [-0.3, -0.25) is 9.59 Å². The topological polar surface area (TPSA) is 113 Å². The molecule has 1 aliphatic carbocycles. The number of amides is 3. The average Bonchev–Trinajstić information content (AvgIpc) is 2.92. The highest BCUT2D eigenvalue weighted by atomic mass is 35.5. The number of fused-ring (bicyclic) bond motifs is 1. The highest BCUT2D eigenvalue weighted by molar-refractivity contribution is 7.90. The summed E-state index contributed by atoms with van der Waals surface area (Å²) in [6.07, 6.45) is 4.68. The van der Waals surface area contributed by atoms with Gasteiger partial charge < -0.3 is 15.0 Å². The molecule has 1 aliphatic heterocycles. The van der Waals surface area contributed by atoms with Gasteiger partial charge in [0.05, 0.1) is 24.8 Å². The van der Waals surface area contributed by atoms with Crippen LogP contribution in [-0.2, 0) is 26.1 Å². The van der Waals surface area contributed by atoms with Crippen LogP contribution in [0.1, 0.15) is 68.3 Å². The van der Waals surface area contributed by atoms with E-state index in [0.29, 0.717) is 37.1 Å². The minimum absolute atomic E-state index is 0.0449. The van der Waals surface area contributed by atoms with Crippen molar-refractivity contribution >= 4 is 45.2 Å². The first-order valence-electron chi connectivity index (χ1n) is 13.4. The van der Waals surface area contributed by atoms with E-state index in [1.54, 1.807) is 31.2 Å². The molecule has 4 rings (SSSR count). The van der Waals surface area contributed by atoms with E-state index in [2.05, 4.69) is 12.2 Å². The smallest absolute Gasteiger partial charge is 0.336 e. The molecule has 2 aliphatic rings. The first kappa shape index (κ1) is 28.9. The van der Waals surface area contributed by atoms with Gasteiger partial charge in [0, 0.05) is 23.2 Å². The molecule has 0 saturated heterocycles. The van der Waals surface area contributed by atoms with Crippen LogP contribution in [0.4, 0.5) is 10.5 Å². The molecule has 39 heavy (non-hydrogen) atoms. The average molecular weight is 576 g/mol. The number of ether oxygens (including phenoxy) is 1. The summed E-state index contributed by atoms with van der Waals surface area (Å²) in [6.45, 7) is 4.68. The molecule has 210 valence electrons. The molecule has 1 N–H and O–H groups in total. The quantitative estimate of drug-likeness (QED) is 0.398. The summed E-state index contributed by atoms with van der Waals surface area (Å²) in [5.41, 5.74) is 1.24. The summed E-state index contributed by atoms with van der Waals surface area (Å²) in [6, 6.07) is 10.2.